The van der Waals surface area contributed by atoms with E-state index in [1.165, 1.54) is 11.1 Å². The van der Waals surface area contributed by atoms with E-state index in [2.05, 4.69) is 48.8 Å². The fourth-order valence-electron chi connectivity index (χ4n) is 5.24. The van der Waals surface area contributed by atoms with Gasteiger partial charge in [0.25, 0.3) is 0 Å². The van der Waals surface area contributed by atoms with Gasteiger partial charge in [-0.05, 0) is 55.2 Å². The summed E-state index contributed by atoms with van der Waals surface area (Å²) in [6.07, 6.45) is 6.85. The molecule has 0 spiro atoms. The van der Waals surface area contributed by atoms with Crippen LogP contribution in [0.2, 0.25) is 0 Å². The molecular weight excluding hydrogens is 430 g/mol. The molecule has 1 saturated carbocycles. The van der Waals surface area contributed by atoms with Crippen molar-refractivity contribution in [3.63, 3.8) is 0 Å². The van der Waals surface area contributed by atoms with Crippen molar-refractivity contribution in [1.29, 1.82) is 0 Å². The second-order valence-corrected chi connectivity index (χ2v) is 9.97. The predicted molar refractivity (Wildman–Crippen MR) is 121 cm³/mol. The Kier molecular flexibility index (Phi) is 5.62. The number of hydrogen-bond donors (Lipinski definition) is 4. The average Bonchev–Trinajstić information content (AvgIpc) is 3.45. The standard InChI is InChI=1S/C22H27N5O4S/c28-20-12-16(11-15(20)7-9-25-32(29,30)31)27-10-8-18-21(23-13-24-22(18)27)26-19-6-5-14-3-1-2-4-17(14)19/h1-4,8,10,13,15-16,19-20,25,28H,5-7,9,11-12H2,(H,23,24,26)(H,29,30,31)/t15-,16+,19-,20-/m0/s1. The van der Waals surface area contributed by atoms with Crippen LogP contribution in [-0.2, 0) is 16.7 Å². The third-order valence-electron chi connectivity index (χ3n) is 6.78. The van der Waals surface area contributed by atoms with Crippen LogP contribution in [0, 0.1) is 5.92 Å². The molecule has 0 unspecified atom stereocenters. The van der Waals surface area contributed by atoms with E-state index < -0.39 is 16.4 Å². The Labute approximate surface area is 186 Å². The second-order valence-electron chi connectivity index (χ2n) is 8.73. The number of aromatic nitrogens is 3. The molecule has 0 radical (unpaired) electrons. The van der Waals surface area contributed by atoms with Gasteiger partial charge in [-0.1, -0.05) is 24.3 Å². The molecule has 1 aromatic carbocycles. The van der Waals surface area contributed by atoms with E-state index >= 15 is 0 Å². The molecule has 0 aliphatic heterocycles. The Morgan fingerprint density at radius 2 is 2.00 bits per heavy atom. The summed E-state index contributed by atoms with van der Waals surface area (Å²) in [5.74, 6) is 0.754. The first-order valence-electron chi connectivity index (χ1n) is 10.9. The van der Waals surface area contributed by atoms with Crippen molar-refractivity contribution in [2.45, 2.75) is 50.3 Å². The molecular formula is C22H27N5O4S. The zero-order valence-electron chi connectivity index (χ0n) is 17.6. The Morgan fingerprint density at radius 1 is 1.16 bits per heavy atom. The number of aliphatic hydroxyl groups excluding tert-OH is 1. The van der Waals surface area contributed by atoms with Gasteiger partial charge in [0, 0.05) is 18.8 Å². The van der Waals surface area contributed by atoms with Crippen LogP contribution in [0.5, 0.6) is 0 Å². The Morgan fingerprint density at radius 3 is 2.84 bits per heavy atom. The number of aryl methyl sites for hydroxylation is 1. The van der Waals surface area contributed by atoms with Gasteiger partial charge < -0.3 is 15.0 Å². The van der Waals surface area contributed by atoms with Crippen molar-refractivity contribution in [2.24, 2.45) is 5.92 Å². The molecule has 1 fully saturated rings. The van der Waals surface area contributed by atoms with Crippen molar-refractivity contribution in [3.8, 4) is 0 Å². The maximum atomic E-state index is 10.9. The maximum absolute atomic E-state index is 10.9. The van der Waals surface area contributed by atoms with E-state index in [4.69, 9.17) is 4.55 Å². The Bertz CT molecular complexity index is 1230. The van der Waals surface area contributed by atoms with Crippen molar-refractivity contribution < 1.29 is 18.1 Å². The maximum Gasteiger partial charge on any atom is 0.333 e. The molecule has 32 heavy (non-hydrogen) atoms. The number of benzene rings is 1. The number of hydrogen-bond acceptors (Lipinski definition) is 6. The van der Waals surface area contributed by atoms with Crippen LogP contribution in [0.25, 0.3) is 11.0 Å². The second kappa shape index (κ2) is 8.43. The van der Waals surface area contributed by atoms with Gasteiger partial charge in [-0.15, -0.1) is 0 Å². The quantitative estimate of drug-likeness (QED) is 0.401. The molecule has 2 aliphatic carbocycles. The minimum atomic E-state index is -4.21. The third kappa shape index (κ3) is 4.23. The van der Waals surface area contributed by atoms with Gasteiger partial charge in [0.05, 0.1) is 17.5 Å². The predicted octanol–water partition coefficient (Wildman–Crippen LogP) is 2.63. The minimum Gasteiger partial charge on any atom is -0.393 e. The first kappa shape index (κ1) is 21.3. The normalized spacial score (nSPS) is 25.3. The fourth-order valence-corrected chi connectivity index (χ4v) is 5.61. The molecule has 2 aliphatic rings. The molecule has 4 atom stereocenters. The van der Waals surface area contributed by atoms with Gasteiger partial charge in [-0.2, -0.15) is 13.1 Å². The number of nitrogens with one attached hydrogen (secondary N) is 2. The first-order chi connectivity index (χ1) is 15.4. The highest BCUT2D eigenvalue weighted by molar-refractivity contribution is 7.83. The highest BCUT2D eigenvalue weighted by atomic mass is 32.2. The zero-order chi connectivity index (χ0) is 22.3. The lowest BCUT2D eigenvalue weighted by atomic mass is 10.0. The summed E-state index contributed by atoms with van der Waals surface area (Å²) in [5, 5.41) is 15.0. The highest BCUT2D eigenvalue weighted by Crippen LogP contribution is 2.39. The first-order valence-corrected chi connectivity index (χ1v) is 12.4. The van der Waals surface area contributed by atoms with Crippen LogP contribution >= 0.6 is 0 Å². The lowest BCUT2D eigenvalue weighted by Gasteiger charge is -2.16. The van der Waals surface area contributed by atoms with Gasteiger partial charge >= 0.3 is 10.3 Å². The summed E-state index contributed by atoms with van der Waals surface area (Å²) in [6.45, 7) is 0.0960. The summed E-state index contributed by atoms with van der Waals surface area (Å²) in [6, 6.07) is 10.8. The van der Waals surface area contributed by atoms with Crippen LogP contribution in [0.4, 0.5) is 5.82 Å². The summed E-state index contributed by atoms with van der Waals surface area (Å²) < 4.78 is 34.7. The number of aliphatic hydroxyl groups is 1. The molecule has 0 amide bonds. The van der Waals surface area contributed by atoms with Gasteiger partial charge in [0.1, 0.15) is 17.8 Å². The van der Waals surface area contributed by atoms with Gasteiger partial charge in [-0.3, -0.25) is 4.55 Å². The van der Waals surface area contributed by atoms with Gasteiger partial charge in [-0.25, -0.2) is 9.97 Å². The Hall–Kier alpha value is -2.53. The zero-order valence-corrected chi connectivity index (χ0v) is 18.4. The Balaban J connectivity index is 1.32. The van der Waals surface area contributed by atoms with E-state index in [0.717, 1.165) is 29.7 Å². The molecule has 9 nitrogen and oxygen atoms in total. The van der Waals surface area contributed by atoms with Crippen molar-refractivity contribution in [3.05, 3.63) is 54.0 Å². The van der Waals surface area contributed by atoms with Crippen LogP contribution < -0.4 is 10.0 Å². The van der Waals surface area contributed by atoms with Crippen LogP contribution in [-0.4, -0.2) is 45.3 Å². The number of rotatable bonds is 7. The molecule has 170 valence electrons. The lowest BCUT2D eigenvalue weighted by Crippen LogP contribution is -2.26. The molecule has 5 rings (SSSR count). The summed E-state index contributed by atoms with van der Waals surface area (Å²) in [7, 11) is -4.21. The van der Waals surface area contributed by atoms with E-state index in [-0.39, 0.29) is 24.5 Å². The highest BCUT2D eigenvalue weighted by Gasteiger charge is 2.34. The van der Waals surface area contributed by atoms with Gasteiger partial charge in [0.15, 0.2) is 0 Å². The minimum absolute atomic E-state index is 0.0545. The molecule has 0 saturated heterocycles. The smallest absolute Gasteiger partial charge is 0.333 e. The SMILES string of the molecule is O=S(=O)(O)NCC[C@H]1C[C@@H](n2ccc3c(N[C@H]4CCc5ccccc54)ncnc32)C[C@@H]1O. The van der Waals surface area contributed by atoms with E-state index in [1.54, 1.807) is 6.33 Å². The topological polar surface area (TPSA) is 129 Å². The molecule has 0 bridgehead atoms. The van der Waals surface area contributed by atoms with Crippen molar-refractivity contribution >= 4 is 27.2 Å². The summed E-state index contributed by atoms with van der Waals surface area (Å²) in [5.41, 5.74) is 3.52. The monoisotopic (exact) mass is 457 g/mol. The van der Waals surface area contributed by atoms with E-state index in [1.807, 2.05) is 12.3 Å². The molecule has 3 aromatic rings. The number of fused-ring (bicyclic) bond motifs is 2. The van der Waals surface area contributed by atoms with Crippen molar-refractivity contribution in [1.82, 2.24) is 19.3 Å². The van der Waals surface area contributed by atoms with Crippen LogP contribution in [0.3, 0.4) is 0 Å². The van der Waals surface area contributed by atoms with E-state index in [9.17, 15) is 13.5 Å². The number of anilines is 1. The molecule has 2 heterocycles. The van der Waals surface area contributed by atoms with Gasteiger partial charge in [0.2, 0.25) is 0 Å². The average molecular weight is 458 g/mol. The largest absolute Gasteiger partial charge is 0.393 e. The number of nitrogens with zero attached hydrogens (tertiary/aromatic N) is 3. The van der Waals surface area contributed by atoms with Crippen molar-refractivity contribution in [2.75, 3.05) is 11.9 Å². The molecule has 10 heteroatoms. The van der Waals surface area contributed by atoms with Crippen LogP contribution in [0.1, 0.15) is 48.9 Å². The third-order valence-corrected chi connectivity index (χ3v) is 7.35. The summed E-state index contributed by atoms with van der Waals surface area (Å²) >= 11 is 0. The fraction of sp³-hybridized carbons (Fsp3) is 0.455. The molecule has 4 N–H and O–H groups in total. The van der Waals surface area contributed by atoms with Crippen LogP contribution in [0.15, 0.2) is 42.9 Å². The lowest BCUT2D eigenvalue weighted by molar-refractivity contribution is 0.127. The van der Waals surface area contributed by atoms with E-state index in [0.29, 0.717) is 19.3 Å². The molecule has 2 aromatic heterocycles. The summed E-state index contributed by atoms with van der Waals surface area (Å²) in [4.78, 5) is 9.02.